The fourth-order valence-electron chi connectivity index (χ4n) is 1.52. The number of aromatic nitrogens is 2. The minimum atomic E-state index is 0.266. The van der Waals surface area contributed by atoms with Crippen molar-refractivity contribution >= 4 is 0 Å². The Balaban J connectivity index is 1.86. The average molecular weight is 263 g/mol. The Labute approximate surface area is 111 Å². The molecule has 2 N–H and O–H groups in total. The van der Waals surface area contributed by atoms with Crippen LogP contribution in [0.25, 0.3) is 0 Å². The Morgan fingerprint density at radius 1 is 1.16 bits per heavy atom. The normalized spacial score (nSPS) is 10.4. The summed E-state index contributed by atoms with van der Waals surface area (Å²) in [6.45, 7) is 3.34. The molecule has 0 atom stereocenters. The molecule has 0 fully saturated rings. The van der Waals surface area contributed by atoms with Gasteiger partial charge in [-0.1, -0.05) is 5.16 Å². The third-order valence-electron chi connectivity index (χ3n) is 2.37. The van der Waals surface area contributed by atoms with E-state index in [1.54, 1.807) is 0 Å². The maximum atomic E-state index is 5.54. The lowest BCUT2D eigenvalue weighted by Crippen LogP contribution is -2.03. The molecule has 0 bridgehead atoms. The van der Waals surface area contributed by atoms with E-state index in [0.29, 0.717) is 31.3 Å². The molecule has 0 aliphatic rings. The summed E-state index contributed by atoms with van der Waals surface area (Å²) in [6, 6.07) is 7.39. The number of ether oxygens (including phenoxy) is 2. The molecule has 0 saturated carbocycles. The SMILES string of the molecule is CCOc1ccc(OCc2noc(CCN)n2)cc1. The van der Waals surface area contributed by atoms with Gasteiger partial charge in [0.25, 0.3) is 0 Å². The second-order valence-electron chi connectivity index (χ2n) is 3.84. The van der Waals surface area contributed by atoms with Crippen LogP contribution >= 0.6 is 0 Å². The topological polar surface area (TPSA) is 83.4 Å². The molecule has 19 heavy (non-hydrogen) atoms. The van der Waals surface area contributed by atoms with Crippen molar-refractivity contribution in [2.24, 2.45) is 5.73 Å². The van der Waals surface area contributed by atoms with Crippen LogP contribution in [0.3, 0.4) is 0 Å². The molecule has 1 heterocycles. The maximum absolute atomic E-state index is 5.54. The van der Waals surface area contributed by atoms with Crippen LogP contribution in [0.4, 0.5) is 0 Å². The van der Waals surface area contributed by atoms with Crippen LogP contribution in [0.5, 0.6) is 11.5 Å². The highest BCUT2D eigenvalue weighted by Gasteiger charge is 2.06. The van der Waals surface area contributed by atoms with E-state index < -0.39 is 0 Å². The van der Waals surface area contributed by atoms with Gasteiger partial charge in [0.05, 0.1) is 6.61 Å². The van der Waals surface area contributed by atoms with E-state index in [9.17, 15) is 0 Å². The van der Waals surface area contributed by atoms with E-state index in [2.05, 4.69) is 10.1 Å². The molecular formula is C13H17N3O3. The van der Waals surface area contributed by atoms with E-state index in [1.807, 2.05) is 31.2 Å². The number of hydrogen-bond acceptors (Lipinski definition) is 6. The summed E-state index contributed by atoms with van der Waals surface area (Å²) < 4.78 is 15.9. The second kappa shape index (κ2) is 6.75. The van der Waals surface area contributed by atoms with Gasteiger partial charge < -0.3 is 19.7 Å². The lowest BCUT2D eigenvalue weighted by Gasteiger charge is -2.05. The molecule has 0 unspecified atom stereocenters. The van der Waals surface area contributed by atoms with Crippen molar-refractivity contribution in [2.75, 3.05) is 13.2 Å². The monoisotopic (exact) mass is 263 g/mol. The molecule has 1 aromatic heterocycles. The highest BCUT2D eigenvalue weighted by atomic mass is 16.5. The van der Waals surface area contributed by atoms with Crippen molar-refractivity contribution in [3.63, 3.8) is 0 Å². The van der Waals surface area contributed by atoms with Crippen molar-refractivity contribution in [3.8, 4) is 11.5 Å². The number of rotatable bonds is 7. The van der Waals surface area contributed by atoms with Crippen molar-refractivity contribution in [1.29, 1.82) is 0 Å². The maximum Gasteiger partial charge on any atom is 0.228 e. The summed E-state index contributed by atoms with van der Waals surface area (Å²) in [5.74, 6) is 2.60. The van der Waals surface area contributed by atoms with Gasteiger partial charge in [0.1, 0.15) is 11.5 Å². The molecule has 2 aromatic rings. The third kappa shape index (κ3) is 3.96. The average Bonchev–Trinajstić information content (AvgIpc) is 2.87. The van der Waals surface area contributed by atoms with Crippen LogP contribution in [0.15, 0.2) is 28.8 Å². The van der Waals surface area contributed by atoms with E-state index in [4.69, 9.17) is 19.7 Å². The third-order valence-corrected chi connectivity index (χ3v) is 2.37. The van der Waals surface area contributed by atoms with E-state index in [1.165, 1.54) is 0 Å². The zero-order chi connectivity index (χ0) is 13.5. The fraction of sp³-hybridized carbons (Fsp3) is 0.385. The molecule has 0 spiro atoms. The molecule has 2 rings (SSSR count). The van der Waals surface area contributed by atoms with Crippen LogP contribution in [0.2, 0.25) is 0 Å². The molecule has 6 nitrogen and oxygen atoms in total. The Bertz CT molecular complexity index is 496. The fourth-order valence-corrected chi connectivity index (χ4v) is 1.52. The van der Waals surface area contributed by atoms with Crippen LogP contribution in [-0.4, -0.2) is 23.3 Å². The van der Waals surface area contributed by atoms with Gasteiger partial charge in [0.15, 0.2) is 6.61 Å². The quantitative estimate of drug-likeness (QED) is 0.816. The number of nitrogens with zero attached hydrogens (tertiary/aromatic N) is 2. The Hall–Kier alpha value is -2.08. The Morgan fingerprint density at radius 3 is 2.47 bits per heavy atom. The largest absolute Gasteiger partial charge is 0.494 e. The number of nitrogens with two attached hydrogens (primary N) is 1. The van der Waals surface area contributed by atoms with E-state index in [0.717, 1.165) is 11.5 Å². The standard InChI is InChI=1S/C13H17N3O3/c1-2-17-10-3-5-11(6-4-10)18-9-12-15-13(7-8-14)19-16-12/h3-6H,2,7-9,14H2,1H3. The van der Waals surface area contributed by atoms with Gasteiger partial charge in [-0.05, 0) is 31.2 Å². The van der Waals surface area contributed by atoms with Gasteiger partial charge in [0.2, 0.25) is 11.7 Å². The molecule has 1 aromatic carbocycles. The van der Waals surface area contributed by atoms with Crippen LogP contribution in [-0.2, 0) is 13.0 Å². The first-order valence-electron chi connectivity index (χ1n) is 6.19. The zero-order valence-electron chi connectivity index (χ0n) is 10.8. The van der Waals surface area contributed by atoms with Crippen molar-refractivity contribution in [2.45, 2.75) is 20.0 Å². The minimum Gasteiger partial charge on any atom is -0.494 e. The molecule has 0 radical (unpaired) electrons. The molecule has 0 saturated heterocycles. The second-order valence-corrected chi connectivity index (χ2v) is 3.84. The van der Waals surface area contributed by atoms with E-state index >= 15 is 0 Å². The van der Waals surface area contributed by atoms with Gasteiger partial charge in [-0.2, -0.15) is 4.98 Å². The lowest BCUT2D eigenvalue weighted by molar-refractivity contribution is 0.284. The van der Waals surface area contributed by atoms with Gasteiger partial charge in [-0.3, -0.25) is 0 Å². The first-order chi connectivity index (χ1) is 9.31. The summed E-state index contributed by atoms with van der Waals surface area (Å²) in [7, 11) is 0. The van der Waals surface area contributed by atoms with Crippen molar-refractivity contribution in [3.05, 3.63) is 36.0 Å². The van der Waals surface area contributed by atoms with Gasteiger partial charge in [-0.25, -0.2) is 0 Å². The molecule has 102 valence electrons. The first kappa shape index (κ1) is 13.4. The molecule has 0 amide bonds. The summed E-state index contributed by atoms with van der Waals surface area (Å²) in [6.07, 6.45) is 0.579. The minimum absolute atomic E-state index is 0.266. The number of benzene rings is 1. The highest BCUT2D eigenvalue weighted by Crippen LogP contribution is 2.18. The van der Waals surface area contributed by atoms with Crippen LogP contribution in [0, 0.1) is 0 Å². The Morgan fingerprint density at radius 2 is 1.84 bits per heavy atom. The van der Waals surface area contributed by atoms with Gasteiger partial charge in [-0.15, -0.1) is 0 Å². The number of hydrogen-bond donors (Lipinski definition) is 1. The summed E-state index contributed by atoms with van der Waals surface area (Å²) in [4.78, 5) is 4.15. The zero-order valence-corrected chi connectivity index (χ0v) is 10.8. The summed E-state index contributed by atoms with van der Waals surface area (Å²) in [5.41, 5.74) is 5.40. The molecule has 0 aliphatic heterocycles. The smallest absolute Gasteiger partial charge is 0.228 e. The first-order valence-corrected chi connectivity index (χ1v) is 6.19. The van der Waals surface area contributed by atoms with E-state index in [-0.39, 0.29) is 6.61 Å². The predicted octanol–water partition coefficient (Wildman–Crippen LogP) is 1.55. The van der Waals surface area contributed by atoms with Crippen LogP contribution in [0.1, 0.15) is 18.6 Å². The summed E-state index contributed by atoms with van der Waals surface area (Å²) >= 11 is 0. The molecule has 6 heteroatoms. The Kier molecular flexibility index (Phi) is 4.74. The summed E-state index contributed by atoms with van der Waals surface area (Å²) in [5, 5.41) is 3.81. The lowest BCUT2D eigenvalue weighted by atomic mass is 10.3. The van der Waals surface area contributed by atoms with Gasteiger partial charge >= 0.3 is 0 Å². The molecular weight excluding hydrogens is 246 g/mol. The highest BCUT2D eigenvalue weighted by molar-refractivity contribution is 5.31. The molecule has 0 aliphatic carbocycles. The van der Waals surface area contributed by atoms with Crippen molar-refractivity contribution < 1.29 is 14.0 Å². The van der Waals surface area contributed by atoms with Gasteiger partial charge in [0, 0.05) is 13.0 Å². The van der Waals surface area contributed by atoms with Crippen molar-refractivity contribution in [1.82, 2.24) is 10.1 Å². The van der Waals surface area contributed by atoms with Crippen LogP contribution < -0.4 is 15.2 Å². The predicted molar refractivity (Wildman–Crippen MR) is 69.0 cm³/mol.